The number of rotatable bonds is 3. The molecule has 0 bridgehead atoms. The van der Waals surface area contributed by atoms with Crippen LogP contribution in [0, 0.1) is 6.92 Å². The van der Waals surface area contributed by atoms with E-state index < -0.39 is 11.1 Å². The van der Waals surface area contributed by atoms with Crippen molar-refractivity contribution in [2.45, 2.75) is 45.8 Å². The van der Waals surface area contributed by atoms with Crippen LogP contribution >= 0.6 is 0 Å². The van der Waals surface area contributed by atoms with E-state index in [-0.39, 0.29) is 0 Å². The second kappa shape index (κ2) is 3.77. The molecule has 1 heterocycles. The first-order valence-corrected chi connectivity index (χ1v) is 5.02. The molecule has 1 aromatic heterocycles. The molecule has 4 nitrogen and oxygen atoms in total. The smallest absolute Gasteiger partial charge is 0.223 e. The monoisotopic (exact) mass is 209 g/mol. The van der Waals surface area contributed by atoms with Gasteiger partial charge in [0.2, 0.25) is 5.95 Å². The van der Waals surface area contributed by atoms with Crippen LogP contribution in [0.5, 0.6) is 0 Å². The van der Waals surface area contributed by atoms with E-state index in [4.69, 9.17) is 0 Å². The summed E-state index contributed by atoms with van der Waals surface area (Å²) in [6.07, 6.45) is 1.70. The van der Waals surface area contributed by atoms with Crippen LogP contribution in [0.1, 0.15) is 33.4 Å². The van der Waals surface area contributed by atoms with Crippen molar-refractivity contribution in [3.8, 4) is 0 Å². The fraction of sp³-hybridized carbons (Fsp3) is 0.636. The maximum Gasteiger partial charge on any atom is 0.223 e. The average molecular weight is 209 g/mol. The highest BCUT2D eigenvalue weighted by Crippen LogP contribution is 2.24. The summed E-state index contributed by atoms with van der Waals surface area (Å²) in [5, 5.41) is 13.1. The Morgan fingerprint density at radius 1 is 1.27 bits per heavy atom. The second-order valence-electron chi connectivity index (χ2n) is 4.83. The van der Waals surface area contributed by atoms with Gasteiger partial charge in [-0.15, -0.1) is 0 Å². The van der Waals surface area contributed by atoms with Gasteiger partial charge in [0.1, 0.15) is 0 Å². The largest absolute Gasteiger partial charge is 0.388 e. The maximum absolute atomic E-state index is 9.96. The third kappa shape index (κ3) is 2.89. The molecule has 0 aliphatic heterocycles. The van der Waals surface area contributed by atoms with E-state index in [0.29, 0.717) is 5.95 Å². The molecule has 0 radical (unpaired) electrons. The summed E-state index contributed by atoms with van der Waals surface area (Å²) >= 11 is 0. The normalized spacial score (nSPS) is 12.7. The third-order valence-electron chi connectivity index (χ3n) is 2.75. The van der Waals surface area contributed by atoms with Crippen LogP contribution in [0.3, 0.4) is 0 Å². The number of hydrogen-bond donors (Lipinski definition) is 2. The van der Waals surface area contributed by atoms with E-state index in [0.717, 1.165) is 5.69 Å². The summed E-state index contributed by atoms with van der Waals surface area (Å²) in [7, 11) is 0. The molecule has 1 aromatic rings. The quantitative estimate of drug-likeness (QED) is 0.796. The number of hydrogen-bond acceptors (Lipinski definition) is 4. The van der Waals surface area contributed by atoms with Gasteiger partial charge >= 0.3 is 0 Å². The van der Waals surface area contributed by atoms with Gasteiger partial charge in [-0.2, -0.15) is 0 Å². The van der Waals surface area contributed by atoms with Crippen LogP contribution in [0.15, 0.2) is 12.3 Å². The summed E-state index contributed by atoms with van der Waals surface area (Å²) < 4.78 is 0. The molecule has 0 saturated heterocycles. The summed E-state index contributed by atoms with van der Waals surface area (Å²) in [4.78, 5) is 8.34. The molecular formula is C11H19N3O. The van der Waals surface area contributed by atoms with Crippen molar-refractivity contribution in [2.75, 3.05) is 5.32 Å². The topological polar surface area (TPSA) is 58.0 Å². The molecule has 0 atom stereocenters. The number of aliphatic hydroxyl groups is 1. The van der Waals surface area contributed by atoms with Gasteiger partial charge in [0.25, 0.3) is 0 Å². The molecule has 0 aliphatic rings. The molecule has 0 aliphatic carbocycles. The lowest BCUT2D eigenvalue weighted by molar-refractivity contribution is 0.0237. The van der Waals surface area contributed by atoms with Gasteiger partial charge in [0, 0.05) is 11.9 Å². The number of nitrogens with one attached hydrogen (secondary N) is 1. The van der Waals surface area contributed by atoms with Crippen molar-refractivity contribution in [1.82, 2.24) is 9.97 Å². The minimum atomic E-state index is -0.847. The zero-order chi connectivity index (χ0) is 11.7. The Hall–Kier alpha value is -1.16. The molecule has 84 valence electrons. The van der Waals surface area contributed by atoms with Crippen molar-refractivity contribution in [3.05, 3.63) is 18.0 Å². The Morgan fingerprint density at radius 2 is 1.87 bits per heavy atom. The van der Waals surface area contributed by atoms with Crippen LogP contribution < -0.4 is 5.32 Å². The van der Waals surface area contributed by atoms with Crippen molar-refractivity contribution >= 4 is 5.95 Å². The molecule has 0 unspecified atom stereocenters. The van der Waals surface area contributed by atoms with Gasteiger partial charge in [-0.25, -0.2) is 9.97 Å². The molecule has 0 spiro atoms. The molecule has 0 amide bonds. The van der Waals surface area contributed by atoms with E-state index in [1.54, 1.807) is 20.0 Å². The SMILES string of the molecule is Cc1ccnc(NC(C)(C)C(C)(C)O)n1. The predicted molar refractivity (Wildman–Crippen MR) is 60.8 cm³/mol. The number of nitrogens with zero attached hydrogens (tertiary/aromatic N) is 2. The van der Waals surface area contributed by atoms with Crippen LogP contribution in [-0.4, -0.2) is 26.2 Å². The Labute approximate surface area is 90.8 Å². The van der Waals surface area contributed by atoms with E-state index >= 15 is 0 Å². The zero-order valence-corrected chi connectivity index (χ0v) is 10.00. The fourth-order valence-electron chi connectivity index (χ4n) is 0.942. The molecular weight excluding hydrogens is 190 g/mol. The average Bonchev–Trinajstić information content (AvgIpc) is 2.00. The minimum Gasteiger partial charge on any atom is -0.388 e. The summed E-state index contributed by atoms with van der Waals surface area (Å²) in [5.74, 6) is 0.544. The molecule has 0 saturated carbocycles. The van der Waals surface area contributed by atoms with Crippen LogP contribution in [-0.2, 0) is 0 Å². The van der Waals surface area contributed by atoms with Gasteiger partial charge in [-0.1, -0.05) is 0 Å². The highest BCUT2D eigenvalue weighted by Gasteiger charge is 2.35. The summed E-state index contributed by atoms with van der Waals surface area (Å²) in [5.41, 5.74) is -0.431. The Bertz CT molecular complexity index is 342. The first-order valence-electron chi connectivity index (χ1n) is 5.02. The first kappa shape index (κ1) is 11.9. The molecule has 4 heteroatoms. The van der Waals surface area contributed by atoms with Crippen molar-refractivity contribution < 1.29 is 5.11 Å². The standard InChI is InChI=1S/C11H19N3O/c1-8-6-7-12-9(13-8)14-10(2,3)11(4,5)15/h6-7,15H,1-5H3,(H,12,13,14). The van der Waals surface area contributed by atoms with Gasteiger partial charge in [-0.3, -0.25) is 0 Å². The molecule has 0 aromatic carbocycles. The van der Waals surface area contributed by atoms with Crippen molar-refractivity contribution in [1.29, 1.82) is 0 Å². The highest BCUT2D eigenvalue weighted by atomic mass is 16.3. The predicted octanol–water partition coefficient (Wildman–Crippen LogP) is 1.75. The highest BCUT2D eigenvalue weighted by molar-refractivity contribution is 5.30. The van der Waals surface area contributed by atoms with Crippen LogP contribution in [0.2, 0.25) is 0 Å². The number of anilines is 1. The van der Waals surface area contributed by atoms with Crippen LogP contribution in [0.4, 0.5) is 5.95 Å². The Balaban J connectivity index is 2.87. The third-order valence-corrected chi connectivity index (χ3v) is 2.75. The molecule has 15 heavy (non-hydrogen) atoms. The maximum atomic E-state index is 9.96. The Kier molecular flexibility index (Phi) is 3.00. The lowest BCUT2D eigenvalue weighted by Gasteiger charge is -2.37. The zero-order valence-electron chi connectivity index (χ0n) is 10.00. The number of aromatic nitrogens is 2. The summed E-state index contributed by atoms with van der Waals surface area (Å²) in [6.45, 7) is 9.26. The molecule has 1 rings (SSSR count). The first-order chi connectivity index (χ1) is 6.72. The van der Waals surface area contributed by atoms with Gasteiger partial charge in [0.15, 0.2) is 0 Å². The van der Waals surface area contributed by atoms with Gasteiger partial charge < -0.3 is 10.4 Å². The van der Waals surface area contributed by atoms with Gasteiger partial charge in [-0.05, 0) is 40.7 Å². The molecule has 0 fully saturated rings. The van der Waals surface area contributed by atoms with Crippen molar-refractivity contribution in [2.24, 2.45) is 0 Å². The van der Waals surface area contributed by atoms with Crippen LogP contribution in [0.25, 0.3) is 0 Å². The number of aryl methyl sites for hydroxylation is 1. The van der Waals surface area contributed by atoms with Gasteiger partial charge in [0.05, 0.1) is 11.1 Å². The summed E-state index contributed by atoms with van der Waals surface area (Å²) in [6, 6.07) is 1.84. The fourth-order valence-corrected chi connectivity index (χ4v) is 0.942. The van der Waals surface area contributed by atoms with Crippen molar-refractivity contribution in [3.63, 3.8) is 0 Å². The molecule has 2 N–H and O–H groups in total. The lowest BCUT2D eigenvalue weighted by Crippen LogP contribution is -2.51. The van der Waals surface area contributed by atoms with E-state index in [2.05, 4.69) is 15.3 Å². The van der Waals surface area contributed by atoms with E-state index in [9.17, 15) is 5.11 Å². The van der Waals surface area contributed by atoms with E-state index in [1.165, 1.54) is 0 Å². The lowest BCUT2D eigenvalue weighted by atomic mass is 9.86. The minimum absolute atomic E-state index is 0.485. The Morgan fingerprint density at radius 3 is 2.33 bits per heavy atom. The second-order valence-corrected chi connectivity index (χ2v) is 4.83. The van der Waals surface area contributed by atoms with E-state index in [1.807, 2.05) is 26.8 Å².